The molecule has 0 fully saturated rings. The maximum Gasteiger partial charge on any atom is 0.102 e. The number of nitrogens with zero attached hydrogens (tertiary/aromatic N) is 1. The summed E-state index contributed by atoms with van der Waals surface area (Å²) in [5.41, 5.74) is 7.24. The zero-order valence-electron chi connectivity index (χ0n) is 13.3. The highest BCUT2D eigenvalue weighted by Gasteiger charge is 2.08. The molecule has 6 heteroatoms. The molecule has 0 spiro atoms. The fraction of sp³-hybridized carbons (Fsp3) is 0.438. The summed E-state index contributed by atoms with van der Waals surface area (Å²) in [7, 11) is 0. The van der Waals surface area contributed by atoms with Crippen LogP contribution in [-0.4, -0.2) is 30.6 Å². The number of ether oxygens (including phenoxy) is 1. The molecule has 0 aliphatic heterocycles. The maximum absolute atomic E-state index is 9.24. The Labute approximate surface area is 137 Å². The van der Waals surface area contributed by atoms with Crippen LogP contribution in [0.5, 0.6) is 0 Å². The molecule has 122 valence electrons. The van der Waals surface area contributed by atoms with Crippen molar-refractivity contribution >= 4 is 11.6 Å². The molecule has 2 unspecified atom stereocenters. The molecule has 0 aliphatic carbocycles. The quantitative estimate of drug-likeness (QED) is 0.344. The molecule has 2 atom stereocenters. The number of halogens is 1. The third kappa shape index (κ3) is 7.43. The Bertz CT molecular complexity index is 502. The fourth-order valence-electron chi connectivity index (χ4n) is 1.57. The lowest BCUT2D eigenvalue weighted by Gasteiger charge is -2.15. The normalized spacial score (nSPS) is 16.5. The van der Waals surface area contributed by atoms with E-state index in [0.717, 1.165) is 0 Å². The highest BCUT2D eigenvalue weighted by Crippen LogP contribution is 2.22. The second-order valence-electron chi connectivity index (χ2n) is 4.56. The minimum atomic E-state index is -0.622. The Kier molecular flexibility index (Phi) is 10.3. The average Bonchev–Trinajstić information content (AvgIpc) is 2.49. The van der Waals surface area contributed by atoms with Gasteiger partial charge in [-0.05, 0) is 26.8 Å². The van der Waals surface area contributed by atoms with Gasteiger partial charge in [-0.25, -0.2) is 0 Å². The van der Waals surface area contributed by atoms with Crippen LogP contribution in [0.25, 0.3) is 0 Å². The number of nitrogens with two attached hydrogens (primary N) is 1. The predicted molar refractivity (Wildman–Crippen MR) is 89.8 cm³/mol. The third-order valence-electron chi connectivity index (χ3n) is 2.73. The number of rotatable bonds is 9. The standard InChI is InChI=1S/C16H24ClN3O2/c1-5-14(16(17)11(3)9-18)15(19)8-7-13(22-6-2)10-20-12(4)21/h5,7-8,12-13,20-21H,1,6,10,19H2,2-4H3/b8-7?,15-14-,16-11-. The van der Waals surface area contributed by atoms with Gasteiger partial charge in [0.2, 0.25) is 0 Å². The number of nitrogens with one attached hydrogen (secondary N) is 1. The monoisotopic (exact) mass is 325 g/mol. The molecule has 0 saturated carbocycles. The van der Waals surface area contributed by atoms with Crippen LogP contribution in [0.2, 0.25) is 0 Å². The number of hydrogen-bond acceptors (Lipinski definition) is 5. The molecule has 0 heterocycles. The minimum Gasteiger partial charge on any atom is -0.398 e. The van der Waals surface area contributed by atoms with Crippen molar-refractivity contribution in [3.05, 3.63) is 46.7 Å². The van der Waals surface area contributed by atoms with E-state index in [0.29, 0.717) is 30.0 Å². The van der Waals surface area contributed by atoms with Crippen LogP contribution < -0.4 is 11.1 Å². The SMILES string of the molecule is C=CC(=C(/N)C=CC(CNC(C)O)OCC)/C(Cl)=C(\C)C#N. The first kappa shape index (κ1) is 20.4. The summed E-state index contributed by atoms with van der Waals surface area (Å²) in [4.78, 5) is 0. The average molecular weight is 326 g/mol. The molecule has 5 nitrogen and oxygen atoms in total. The van der Waals surface area contributed by atoms with Crippen LogP contribution in [0.4, 0.5) is 0 Å². The van der Waals surface area contributed by atoms with Crippen LogP contribution in [0.3, 0.4) is 0 Å². The lowest BCUT2D eigenvalue weighted by atomic mass is 10.1. The molecule has 0 aliphatic rings. The van der Waals surface area contributed by atoms with Gasteiger partial charge in [0.25, 0.3) is 0 Å². The molecular formula is C16H24ClN3O2. The Balaban J connectivity index is 5.23. The van der Waals surface area contributed by atoms with E-state index >= 15 is 0 Å². The molecule has 0 saturated heterocycles. The Morgan fingerprint density at radius 2 is 2.23 bits per heavy atom. The molecule has 0 aromatic heterocycles. The predicted octanol–water partition coefficient (Wildman–Crippen LogP) is 2.31. The summed E-state index contributed by atoms with van der Waals surface area (Å²) in [6.45, 7) is 9.76. The van der Waals surface area contributed by atoms with Crippen molar-refractivity contribution in [2.24, 2.45) is 5.73 Å². The number of allylic oxidation sites excluding steroid dienone is 5. The van der Waals surface area contributed by atoms with Crippen LogP contribution in [0, 0.1) is 11.3 Å². The van der Waals surface area contributed by atoms with Gasteiger partial charge in [0.05, 0.1) is 17.2 Å². The van der Waals surface area contributed by atoms with E-state index in [-0.39, 0.29) is 11.1 Å². The summed E-state index contributed by atoms with van der Waals surface area (Å²) >= 11 is 6.11. The van der Waals surface area contributed by atoms with E-state index in [9.17, 15) is 5.11 Å². The zero-order chi connectivity index (χ0) is 17.1. The van der Waals surface area contributed by atoms with Crippen molar-refractivity contribution in [1.82, 2.24) is 5.32 Å². The number of nitriles is 1. The Morgan fingerprint density at radius 3 is 2.68 bits per heavy atom. The van der Waals surface area contributed by atoms with Gasteiger partial charge in [-0.1, -0.05) is 30.3 Å². The molecule has 0 aromatic carbocycles. The van der Waals surface area contributed by atoms with E-state index in [1.54, 1.807) is 26.0 Å². The zero-order valence-corrected chi connectivity index (χ0v) is 14.0. The van der Waals surface area contributed by atoms with E-state index in [2.05, 4.69) is 11.9 Å². The molecule has 0 radical (unpaired) electrons. The van der Waals surface area contributed by atoms with E-state index in [1.807, 2.05) is 13.0 Å². The molecule has 0 bridgehead atoms. The first-order valence-electron chi connectivity index (χ1n) is 6.97. The van der Waals surface area contributed by atoms with Gasteiger partial charge in [0.15, 0.2) is 0 Å². The van der Waals surface area contributed by atoms with Crippen molar-refractivity contribution in [3.63, 3.8) is 0 Å². The minimum absolute atomic E-state index is 0.246. The largest absolute Gasteiger partial charge is 0.398 e. The lowest BCUT2D eigenvalue weighted by Crippen LogP contribution is -2.34. The highest BCUT2D eigenvalue weighted by molar-refractivity contribution is 6.33. The second-order valence-corrected chi connectivity index (χ2v) is 4.94. The van der Waals surface area contributed by atoms with Crippen LogP contribution in [0.15, 0.2) is 46.7 Å². The van der Waals surface area contributed by atoms with Crippen LogP contribution >= 0.6 is 11.6 Å². The van der Waals surface area contributed by atoms with Crippen molar-refractivity contribution in [1.29, 1.82) is 5.26 Å². The van der Waals surface area contributed by atoms with Gasteiger partial charge in [0, 0.05) is 30.0 Å². The van der Waals surface area contributed by atoms with Gasteiger partial charge < -0.3 is 15.6 Å². The topological polar surface area (TPSA) is 91.3 Å². The lowest BCUT2D eigenvalue weighted by molar-refractivity contribution is 0.0750. The summed E-state index contributed by atoms with van der Waals surface area (Å²) in [5.74, 6) is 0. The van der Waals surface area contributed by atoms with Crippen LogP contribution in [-0.2, 0) is 4.74 Å². The van der Waals surface area contributed by atoms with Crippen molar-refractivity contribution < 1.29 is 9.84 Å². The molecule has 0 amide bonds. The van der Waals surface area contributed by atoms with Gasteiger partial charge in [-0.15, -0.1) is 0 Å². The highest BCUT2D eigenvalue weighted by atomic mass is 35.5. The Morgan fingerprint density at radius 1 is 1.59 bits per heavy atom. The van der Waals surface area contributed by atoms with E-state index in [4.69, 9.17) is 27.3 Å². The summed E-state index contributed by atoms with van der Waals surface area (Å²) in [6.07, 6.45) is 4.07. The van der Waals surface area contributed by atoms with Crippen molar-refractivity contribution in [3.8, 4) is 6.07 Å². The summed E-state index contributed by atoms with van der Waals surface area (Å²) < 4.78 is 5.52. The smallest absolute Gasteiger partial charge is 0.102 e. The Hall–Kier alpha value is -1.58. The second kappa shape index (κ2) is 11.0. The molecule has 0 aromatic rings. The first-order valence-corrected chi connectivity index (χ1v) is 7.35. The van der Waals surface area contributed by atoms with Gasteiger partial charge >= 0.3 is 0 Å². The van der Waals surface area contributed by atoms with Crippen LogP contribution in [0.1, 0.15) is 20.8 Å². The summed E-state index contributed by atoms with van der Waals surface area (Å²) in [5, 5.41) is 21.3. The van der Waals surface area contributed by atoms with Gasteiger partial charge in [-0.2, -0.15) is 5.26 Å². The molecule has 0 rings (SSSR count). The number of hydrogen-bond donors (Lipinski definition) is 3. The fourth-order valence-corrected chi connectivity index (χ4v) is 1.80. The van der Waals surface area contributed by atoms with Gasteiger partial charge in [0.1, 0.15) is 6.23 Å². The first-order chi connectivity index (χ1) is 10.4. The maximum atomic E-state index is 9.24. The molecular weight excluding hydrogens is 302 g/mol. The molecule has 22 heavy (non-hydrogen) atoms. The van der Waals surface area contributed by atoms with E-state index < -0.39 is 6.23 Å². The molecule has 4 N–H and O–H groups in total. The third-order valence-corrected chi connectivity index (χ3v) is 3.22. The number of aliphatic hydroxyl groups excluding tert-OH is 1. The van der Waals surface area contributed by atoms with E-state index in [1.165, 1.54) is 6.08 Å². The van der Waals surface area contributed by atoms with Crippen molar-refractivity contribution in [2.75, 3.05) is 13.2 Å². The van der Waals surface area contributed by atoms with Crippen molar-refractivity contribution in [2.45, 2.75) is 33.1 Å². The van der Waals surface area contributed by atoms with Gasteiger partial charge in [-0.3, -0.25) is 5.32 Å². The number of aliphatic hydroxyl groups is 1. The summed E-state index contributed by atoms with van der Waals surface area (Å²) in [6, 6.07) is 1.98.